The van der Waals surface area contributed by atoms with E-state index in [1.165, 1.54) is 12.1 Å². The van der Waals surface area contributed by atoms with E-state index in [1.54, 1.807) is 6.07 Å². The highest BCUT2D eigenvalue weighted by Gasteiger charge is 2.34. The van der Waals surface area contributed by atoms with Crippen LogP contribution < -0.4 is 11.3 Å². The molecule has 0 bridgehead atoms. The third-order valence-corrected chi connectivity index (χ3v) is 2.85. The monoisotopic (exact) mass is 230 g/mol. The highest BCUT2D eigenvalue weighted by molar-refractivity contribution is 5.29. The molecule has 5 heteroatoms. The minimum Gasteiger partial charge on any atom is -0.271 e. The maximum absolute atomic E-state index is 12.5. The van der Waals surface area contributed by atoms with E-state index in [1.807, 2.05) is 0 Å². The maximum atomic E-state index is 12.5. The molecule has 0 heterocycles. The lowest BCUT2D eigenvalue weighted by Crippen LogP contribution is -2.29. The van der Waals surface area contributed by atoms with Crippen LogP contribution in [0.2, 0.25) is 0 Å². The molecule has 1 aromatic rings. The van der Waals surface area contributed by atoms with Crippen molar-refractivity contribution in [3.8, 4) is 0 Å². The molecule has 2 nitrogen and oxygen atoms in total. The molecule has 1 unspecified atom stereocenters. The Kier molecular flexibility index (Phi) is 2.90. The van der Waals surface area contributed by atoms with E-state index in [0.29, 0.717) is 11.5 Å². The highest BCUT2D eigenvalue weighted by Crippen LogP contribution is 2.41. The summed E-state index contributed by atoms with van der Waals surface area (Å²) in [5.74, 6) is 5.74. The molecule has 0 aromatic heterocycles. The number of nitrogens with one attached hydrogen (secondary N) is 1. The fourth-order valence-corrected chi connectivity index (χ4v) is 1.84. The van der Waals surface area contributed by atoms with Crippen molar-refractivity contribution in [2.75, 3.05) is 0 Å². The van der Waals surface area contributed by atoms with Crippen molar-refractivity contribution in [1.82, 2.24) is 5.43 Å². The largest absolute Gasteiger partial charge is 0.416 e. The second-order valence-corrected chi connectivity index (χ2v) is 4.10. The number of hydrogen-bond acceptors (Lipinski definition) is 2. The van der Waals surface area contributed by atoms with E-state index in [0.717, 1.165) is 18.9 Å². The van der Waals surface area contributed by atoms with Crippen molar-refractivity contribution in [3.05, 3.63) is 35.4 Å². The number of rotatable bonds is 3. The molecular weight excluding hydrogens is 217 g/mol. The average Bonchev–Trinajstić information content (AvgIpc) is 3.02. The van der Waals surface area contributed by atoms with Crippen molar-refractivity contribution in [3.63, 3.8) is 0 Å². The van der Waals surface area contributed by atoms with Gasteiger partial charge in [0.2, 0.25) is 0 Å². The van der Waals surface area contributed by atoms with E-state index in [2.05, 4.69) is 5.43 Å². The second kappa shape index (κ2) is 4.07. The summed E-state index contributed by atoms with van der Waals surface area (Å²) in [6, 6.07) is 5.18. The summed E-state index contributed by atoms with van der Waals surface area (Å²) >= 11 is 0. The van der Waals surface area contributed by atoms with Crippen LogP contribution in [0, 0.1) is 5.92 Å². The molecule has 1 saturated carbocycles. The predicted octanol–water partition coefficient (Wildman–Crippen LogP) is 2.62. The lowest BCUT2D eigenvalue weighted by Gasteiger charge is -2.17. The lowest BCUT2D eigenvalue weighted by molar-refractivity contribution is -0.137. The molecule has 1 aromatic carbocycles. The molecule has 0 spiro atoms. The second-order valence-electron chi connectivity index (χ2n) is 4.10. The number of benzene rings is 1. The smallest absolute Gasteiger partial charge is 0.271 e. The van der Waals surface area contributed by atoms with Gasteiger partial charge < -0.3 is 0 Å². The molecule has 88 valence electrons. The Hall–Kier alpha value is -1.07. The zero-order valence-electron chi connectivity index (χ0n) is 8.59. The zero-order chi connectivity index (χ0) is 11.8. The van der Waals surface area contributed by atoms with Gasteiger partial charge in [-0.3, -0.25) is 11.3 Å². The fraction of sp³-hybridized carbons (Fsp3) is 0.455. The summed E-state index contributed by atoms with van der Waals surface area (Å²) in [6.45, 7) is 0. The lowest BCUT2D eigenvalue weighted by atomic mass is 10.0. The average molecular weight is 230 g/mol. The fourth-order valence-electron chi connectivity index (χ4n) is 1.84. The summed E-state index contributed by atoms with van der Waals surface area (Å²) in [5.41, 5.74) is 2.58. The van der Waals surface area contributed by atoms with Crippen LogP contribution in [0.4, 0.5) is 13.2 Å². The molecule has 0 radical (unpaired) electrons. The Morgan fingerprint density at radius 2 is 2.00 bits per heavy atom. The van der Waals surface area contributed by atoms with Crippen molar-refractivity contribution < 1.29 is 13.2 Å². The Labute approximate surface area is 91.6 Å². The van der Waals surface area contributed by atoms with Gasteiger partial charge >= 0.3 is 6.18 Å². The SMILES string of the molecule is NNC(c1cccc(C(F)(F)F)c1)C1CC1. The molecular formula is C11H13F3N2. The Bertz CT molecular complexity index is 372. The summed E-state index contributed by atoms with van der Waals surface area (Å²) in [7, 11) is 0. The van der Waals surface area contributed by atoms with Gasteiger partial charge in [0.25, 0.3) is 0 Å². The van der Waals surface area contributed by atoms with E-state index >= 15 is 0 Å². The van der Waals surface area contributed by atoms with Gasteiger partial charge in [0.1, 0.15) is 0 Å². The molecule has 1 atom stereocenters. The molecule has 0 saturated heterocycles. The Morgan fingerprint density at radius 3 is 2.50 bits per heavy atom. The number of hydrogen-bond donors (Lipinski definition) is 2. The van der Waals surface area contributed by atoms with Gasteiger partial charge in [-0.1, -0.05) is 12.1 Å². The summed E-state index contributed by atoms with van der Waals surface area (Å²) < 4.78 is 37.5. The molecule has 3 N–H and O–H groups in total. The van der Waals surface area contributed by atoms with Crippen LogP contribution in [0.25, 0.3) is 0 Å². The van der Waals surface area contributed by atoms with Gasteiger partial charge in [0.05, 0.1) is 5.56 Å². The van der Waals surface area contributed by atoms with Crippen LogP contribution in [0.15, 0.2) is 24.3 Å². The van der Waals surface area contributed by atoms with Crippen LogP contribution in [-0.2, 0) is 6.18 Å². The number of halogens is 3. The highest BCUT2D eigenvalue weighted by atomic mass is 19.4. The van der Waals surface area contributed by atoms with Crippen LogP contribution in [-0.4, -0.2) is 0 Å². The van der Waals surface area contributed by atoms with Gasteiger partial charge in [0.15, 0.2) is 0 Å². The summed E-state index contributed by atoms with van der Waals surface area (Å²) in [6.07, 6.45) is -2.26. The minimum atomic E-state index is -4.29. The van der Waals surface area contributed by atoms with Gasteiger partial charge in [-0.15, -0.1) is 0 Å². The standard InChI is InChI=1S/C11H13F3N2/c12-11(13,14)9-3-1-2-8(6-9)10(16-15)7-4-5-7/h1-3,6-7,10,16H,4-5,15H2. The van der Waals surface area contributed by atoms with Crippen LogP contribution >= 0.6 is 0 Å². The third kappa shape index (κ3) is 2.36. The first-order valence-electron chi connectivity index (χ1n) is 5.15. The Morgan fingerprint density at radius 1 is 1.31 bits per heavy atom. The van der Waals surface area contributed by atoms with Crippen molar-refractivity contribution in [2.45, 2.75) is 25.1 Å². The molecule has 16 heavy (non-hydrogen) atoms. The predicted molar refractivity (Wildman–Crippen MR) is 54.2 cm³/mol. The van der Waals surface area contributed by atoms with E-state index in [-0.39, 0.29) is 6.04 Å². The van der Waals surface area contributed by atoms with Crippen LogP contribution in [0.1, 0.15) is 30.0 Å². The molecule has 0 amide bonds. The summed E-state index contributed by atoms with van der Waals surface area (Å²) in [4.78, 5) is 0. The Balaban J connectivity index is 2.27. The van der Waals surface area contributed by atoms with Gasteiger partial charge in [-0.2, -0.15) is 13.2 Å². The molecule has 1 fully saturated rings. The number of alkyl halides is 3. The normalized spacial score (nSPS) is 18.5. The van der Waals surface area contributed by atoms with Crippen LogP contribution in [0.5, 0.6) is 0 Å². The van der Waals surface area contributed by atoms with E-state index in [4.69, 9.17) is 5.84 Å². The van der Waals surface area contributed by atoms with Crippen molar-refractivity contribution >= 4 is 0 Å². The first kappa shape index (κ1) is 11.4. The molecule has 2 rings (SSSR count). The topological polar surface area (TPSA) is 38.0 Å². The van der Waals surface area contributed by atoms with E-state index in [9.17, 15) is 13.2 Å². The van der Waals surface area contributed by atoms with Crippen molar-refractivity contribution in [2.24, 2.45) is 11.8 Å². The minimum absolute atomic E-state index is 0.165. The van der Waals surface area contributed by atoms with E-state index < -0.39 is 11.7 Å². The van der Waals surface area contributed by atoms with Crippen LogP contribution in [0.3, 0.4) is 0 Å². The van der Waals surface area contributed by atoms with Crippen molar-refractivity contribution in [1.29, 1.82) is 0 Å². The van der Waals surface area contributed by atoms with Gasteiger partial charge in [-0.25, -0.2) is 0 Å². The molecule has 1 aliphatic carbocycles. The number of nitrogens with two attached hydrogens (primary N) is 1. The molecule has 0 aliphatic heterocycles. The molecule has 1 aliphatic rings. The first-order valence-corrected chi connectivity index (χ1v) is 5.15. The summed E-state index contributed by atoms with van der Waals surface area (Å²) in [5, 5.41) is 0. The quantitative estimate of drug-likeness (QED) is 0.618. The zero-order valence-corrected chi connectivity index (χ0v) is 8.59. The first-order chi connectivity index (χ1) is 7.52. The maximum Gasteiger partial charge on any atom is 0.416 e. The third-order valence-electron chi connectivity index (χ3n) is 2.85. The number of hydrazine groups is 1. The van der Waals surface area contributed by atoms with Gasteiger partial charge in [0, 0.05) is 6.04 Å². The van der Waals surface area contributed by atoms with Gasteiger partial charge in [-0.05, 0) is 36.5 Å².